The van der Waals surface area contributed by atoms with Crippen LogP contribution in [-0.4, -0.2) is 17.3 Å². The Kier molecular flexibility index (Phi) is 3.41. The molecule has 0 N–H and O–H groups in total. The number of hydrogen-bond donors (Lipinski definition) is 0. The summed E-state index contributed by atoms with van der Waals surface area (Å²) >= 11 is 5.14. The smallest absolute Gasteiger partial charge is 0.316 e. The number of carbonyl (C=O) groups excluding carboxylic acids is 1. The molecule has 0 saturated carbocycles. The van der Waals surface area contributed by atoms with Crippen molar-refractivity contribution in [3.63, 3.8) is 0 Å². The SMILES string of the molecule is CN(Cc1cc(F)ccc1F)C(=O)Cl. The third kappa shape index (κ3) is 2.67. The summed E-state index contributed by atoms with van der Waals surface area (Å²) in [5.41, 5.74) is 0.0986. The average molecular weight is 220 g/mol. The average Bonchev–Trinajstić information content (AvgIpc) is 2.11. The fourth-order valence-corrected chi connectivity index (χ4v) is 1.04. The molecule has 1 aromatic rings. The third-order valence-corrected chi connectivity index (χ3v) is 2.00. The predicted molar refractivity (Wildman–Crippen MR) is 49.1 cm³/mol. The zero-order chi connectivity index (χ0) is 10.7. The van der Waals surface area contributed by atoms with E-state index >= 15 is 0 Å². The highest BCUT2D eigenvalue weighted by atomic mass is 35.5. The van der Waals surface area contributed by atoms with Crippen molar-refractivity contribution in [2.75, 3.05) is 7.05 Å². The first kappa shape index (κ1) is 10.9. The lowest BCUT2D eigenvalue weighted by molar-refractivity contribution is 0.230. The maximum absolute atomic E-state index is 13.0. The van der Waals surface area contributed by atoms with Gasteiger partial charge in [-0.3, -0.25) is 4.79 Å². The molecule has 2 nitrogen and oxygen atoms in total. The molecule has 5 heteroatoms. The normalized spacial score (nSPS) is 10.0. The van der Waals surface area contributed by atoms with Gasteiger partial charge in [-0.1, -0.05) is 0 Å². The summed E-state index contributed by atoms with van der Waals surface area (Å²) in [6.45, 7) is -0.0497. The molecular formula is C9H8ClF2NO. The van der Waals surface area contributed by atoms with E-state index in [-0.39, 0.29) is 12.1 Å². The minimum Gasteiger partial charge on any atom is -0.328 e. The summed E-state index contributed by atoms with van der Waals surface area (Å²) < 4.78 is 25.7. The molecule has 0 atom stereocenters. The second-order valence-electron chi connectivity index (χ2n) is 2.84. The van der Waals surface area contributed by atoms with Gasteiger partial charge in [0.2, 0.25) is 0 Å². The van der Waals surface area contributed by atoms with Crippen molar-refractivity contribution in [3.05, 3.63) is 35.4 Å². The molecule has 0 spiro atoms. The van der Waals surface area contributed by atoms with Crippen LogP contribution in [0, 0.1) is 11.6 Å². The monoisotopic (exact) mass is 219 g/mol. The first-order valence-corrected chi connectivity index (χ1v) is 4.23. The number of amides is 1. The van der Waals surface area contributed by atoms with Crippen LogP contribution in [0.5, 0.6) is 0 Å². The van der Waals surface area contributed by atoms with E-state index < -0.39 is 17.0 Å². The van der Waals surface area contributed by atoms with Crippen LogP contribution in [0.15, 0.2) is 18.2 Å². The van der Waals surface area contributed by atoms with Gasteiger partial charge in [0, 0.05) is 19.2 Å². The molecule has 1 amide bonds. The maximum Gasteiger partial charge on any atom is 0.316 e. The van der Waals surface area contributed by atoms with E-state index in [1.54, 1.807) is 0 Å². The van der Waals surface area contributed by atoms with Crippen molar-refractivity contribution in [1.29, 1.82) is 0 Å². The fraction of sp³-hybridized carbons (Fsp3) is 0.222. The lowest BCUT2D eigenvalue weighted by Gasteiger charge is -2.13. The van der Waals surface area contributed by atoms with Crippen molar-refractivity contribution in [1.82, 2.24) is 4.90 Å². The van der Waals surface area contributed by atoms with Gasteiger partial charge < -0.3 is 4.90 Å². The first-order valence-electron chi connectivity index (χ1n) is 3.85. The van der Waals surface area contributed by atoms with Crippen LogP contribution in [0.25, 0.3) is 0 Å². The lowest BCUT2D eigenvalue weighted by Crippen LogP contribution is -2.20. The molecule has 14 heavy (non-hydrogen) atoms. The molecule has 0 heterocycles. The number of rotatable bonds is 2. The van der Waals surface area contributed by atoms with Crippen LogP contribution in [0.2, 0.25) is 0 Å². The van der Waals surface area contributed by atoms with Crippen LogP contribution >= 0.6 is 11.6 Å². The highest BCUT2D eigenvalue weighted by molar-refractivity contribution is 6.62. The Labute approximate surface area is 85.1 Å². The topological polar surface area (TPSA) is 20.3 Å². The Hall–Kier alpha value is -1.16. The van der Waals surface area contributed by atoms with Crippen molar-refractivity contribution < 1.29 is 13.6 Å². The van der Waals surface area contributed by atoms with Crippen LogP contribution in [0.4, 0.5) is 13.6 Å². The van der Waals surface area contributed by atoms with Crippen molar-refractivity contribution in [3.8, 4) is 0 Å². The van der Waals surface area contributed by atoms with Crippen LogP contribution in [0.3, 0.4) is 0 Å². The largest absolute Gasteiger partial charge is 0.328 e. The van der Waals surface area contributed by atoms with Gasteiger partial charge in [0.15, 0.2) is 0 Å². The van der Waals surface area contributed by atoms with Gasteiger partial charge >= 0.3 is 5.37 Å². The quantitative estimate of drug-likeness (QED) is 0.553. The second-order valence-corrected chi connectivity index (χ2v) is 3.17. The molecule has 0 aromatic heterocycles. The van der Waals surface area contributed by atoms with E-state index in [1.165, 1.54) is 7.05 Å². The molecule has 0 radical (unpaired) electrons. The molecule has 0 fully saturated rings. The van der Waals surface area contributed by atoms with E-state index in [0.29, 0.717) is 0 Å². The zero-order valence-corrected chi connectivity index (χ0v) is 8.18. The van der Waals surface area contributed by atoms with Gasteiger partial charge in [-0.25, -0.2) is 8.78 Å². The minimum absolute atomic E-state index is 0.0497. The molecule has 76 valence electrons. The van der Waals surface area contributed by atoms with Gasteiger partial charge in [0.05, 0.1) is 0 Å². The minimum atomic E-state index is -0.714. The third-order valence-electron chi connectivity index (χ3n) is 1.72. The Morgan fingerprint density at radius 2 is 2.14 bits per heavy atom. The predicted octanol–water partition coefficient (Wildman–Crippen LogP) is 2.76. The fourth-order valence-electron chi connectivity index (χ4n) is 0.982. The molecule has 0 aliphatic carbocycles. The van der Waals surface area contributed by atoms with Gasteiger partial charge in [0.25, 0.3) is 0 Å². The van der Waals surface area contributed by atoms with Crippen molar-refractivity contribution in [2.45, 2.75) is 6.54 Å². The zero-order valence-electron chi connectivity index (χ0n) is 7.43. The number of benzene rings is 1. The van der Waals surface area contributed by atoms with E-state index in [2.05, 4.69) is 0 Å². The van der Waals surface area contributed by atoms with E-state index in [4.69, 9.17) is 11.6 Å². The standard InChI is InChI=1S/C9H8ClF2NO/c1-13(9(10)14)5-6-4-7(11)2-3-8(6)12/h2-4H,5H2,1H3. The molecular weight excluding hydrogens is 212 g/mol. The van der Waals surface area contributed by atoms with Gasteiger partial charge in [0.1, 0.15) is 11.6 Å². The molecule has 1 rings (SSSR count). The highest BCUT2D eigenvalue weighted by Crippen LogP contribution is 2.12. The number of halogens is 3. The summed E-state index contributed by atoms with van der Waals surface area (Å²) in [6, 6.07) is 3.06. The van der Waals surface area contributed by atoms with E-state index in [1.807, 2.05) is 0 Å². The molecule has 0 saturated heterocycles. The molecule has 0 aliphatic rings. The van der Waals surface area contributed by atoms with Crippen LogP contribution in [-0.2, 0) is 6.54 Å². The van der Waals surface area contributed by atoms with Crippen LogP contribution < -0.4 is 0 Å². The van der Waals surface area contributed by atoms with E-state index in [9.17, 15) is 13.6 Å². The summed E-state index contributed by atoms with van der Waals surface area (Å²) in [7, 11) is 1.40. The van der Waals surface area contributed by atoms with Gasteiger partial charge in [-0.15, -0.1) is 0 Å². The summed E-state index contributed by atoms with van der Waals surface area (Å²) in [6.07, 6.45) is 0. The summed E-state index contributed by atoms with van der Waals surface area (Å²) in [5.74, 6) is -1.10. The number of hydrogen-bond acceptors (Lipinski definition) is 1. The molecule has 1 aromatic carbocycles. The van der Waals surface area contributed by atoms with Crippen LogP contribution in [0.1, 0.15) is 5.56 Å². The summed E-state index contributed by atoms with van der Waals surface area (Å²) in [5, 5.41) is -0.714. The van der Waals surface area contributed by atoms with Crippen molar-refractivity contribution in [2.24, 2.45) is 0 Å². The first-order chi connectivity index (χ1) is 6.50. The van der Waals surface area contributed by atoms with Crippen molar-refractivity contribution >= 4 is 17.0 Å². The molecule has 0 bridgehead atoms. The Balaban J connectivity index is 2.85. The molecule has 0 aliphatic heterocycles. The number of nitrogens with zero attached hydrogens (tertiary/aromatic N) is 1. The Morgan fingerprint density at radius 1 is 1.50 bits per heavy atom. The summed E-state index contributed by atoms with van der Waals surface area (Å²) in [4.78, 5) is 11.7. The Bertz CT molecular complexity index is 357. The molecule has 0 unspecified atom stereocenters. The second kappa shape index (κ2) is 4.37. The van der Waals surface area contributed by atoms with Gasteiger partial charge in [-0.05, 0) is 29.8 Å². The highest BCUT2D eigenvalue weighted by Gasteiger charge is 2.09. The number of carbonyl (C=O) groups is 1. The maximum atomic E-state index is 13.0. The Morgan fingerprint density at radius 3 is 2.71 bits per heavy atom. The van der Waals surface area contributed by atoms with E-state index in [0.717, 1.165) is 23.1 Å². The van der Waals surface area contributed by atoms with Gasteiger partial charge in [-0.2, -0.15) is 0 Å². The lowest BCUT2D eigenvalue weighted by atomic mass is 10.2.